The number of benzene rings is 2. The standard InChI is InChI=1S/C19H19N3O3/c1-13-7-6-8-14(2)19(13)25-12-17(23)20-16-11-18(24)22(21-16)15-9-4-3-5-10-15/h3-10H,11-12H2,1-2H3,(H,20,21,23). The number of hydrogen-bond acceptors (Lipinski definition) is 4. The molecule has 0 spiro atoms. The topological polar surface area (TPSA) is 71.0 Å². The van der Waals surface area contributed by atoms with E-state index in [0.29, 0.717) is 17.3 Å². The minimum absolute atomic E-state index is 0.0596. The number of hydrazone groups is 1. The van der Waals surface area contributed by atoms with E-state index in [-0.39, 0.29) is 24.8 Å². The fourth-order valence-corrected chi connectivity index (χ4v) is 2.63. The molecule has 1 N–H and O–H groups in total. The van der Waals surface area contributed by atoms with Crippen LogP contribution in [0.2, 0.25) is 0 Å². The van der Waals surface area contributed by atoms with Crippen LogP contribution in [0.25, 0.3) is 0 Å². The molecule has 0 aliphatic carbocycles. The van der Waals surface area contributed by atoms with Crippen LogP contribution in [0.4, 0.5) is 5.69 Å². The van der Waals surface area contributed by atoms with Gasteiger partial charge in [0.05, 0.1) is 12.1 Å². The Labute approximate surface area is 146 Å². The zero-order chi connectivity index (χ0) is 17.8. The van der Waals surface area contributed by atoms with E-state index < -0.39 is 0 Å². The molecule has 0 bridgehead atoms. The van der Waals surface area contributed by atoms with Crippen LogP contribution in [0.15, 0.2) is 53.6 Å². The van der Waals surface area contributed by atoms with Gasteiger partial charge >= 0.3 is 0 Å². The summed E-state index contributed by atoms with van der Waals surface area (Å²) in [5, 5.41) is 8.12. The molecule has 0 saturated heterocycles. The highest BCUT2D eigenvalue weighted by atomic mass is 16.5. The number of hydrogen-bond donors (Lipinski definition) is 1. The number of anilines is 1. The largest absolute Gasteiger partial charge is 0.483 e. The molecule has 25 heavy (non-hydrogen) atoms. The van der Waals surface area contributed by atoms with E-state index in [1.165, 1.54) is 5.01 Å². The second kappa shape index (κ2) is 7.17. The molecule has 0 saturated carbocycles. The van der Waals surface area contributed by atoms with Crippen LogP contribution in [0.3, 0.4) is 0 Å². The molecule has 1 heterocycles. The van der Waals surface area contributed by atoms with E-state index >= 15 is 0 Å². The fraction of sp³-hybridized carbons (Fsp3) is 0.211. The van der Waals surface area contributed by atoms with Gasteiger partial charge in [-0.1, -0.05) is 36.4 Å². The second-order valence-corrected chi connectivity index (χ2v) is 5.82. The Hall–Kier alpha value is -3.15. The zero-order valence-corrected chi connectivity index (χ0v) is 14.2. The van der Waals surface area contributed by atoms with E-state index in [9.17, 15) is 9.59 Å². The Bertz CT molecular complexity index is 811. The highest BCUT2D eigenvalue weighted by Gasteiger charge is 2.26. The molecule has 6 heteroatoms. The smallest absolute Gasteiger partial charge is 0.263 e. The lowest BCUT2D eigenvalue weighted by atomic mass is 10.1. The summed E-state index contributed by atoms with van der Waals surface area (Å²) in [6, 6.07) is 14.9. The van der Waals surface area contributed by atoms with Crippen molar-refractivity contribution in [1.29, 1.82) is 0 Å². The number of amidine groups is 1. The molecular formula is C19H19N3O3. The number of nitrogens with zero attached hydrogens (tertiary/aromatic N) is 2. The third-order valence-corrected chi connectivity index (χ3v) is 3.82. The zero-order valence-electron chi connectivity index (χ0n) is 14.2. The molecule has 1 aliphatic heterocycles. The van der Waals surface area contributed by atoms with Gasteiger partial charge in [-0.15, -0.1) is 0 Å². The Morgan fingerprint density at radius 3 is 2.48 bits per heavy atom. The maximum Gasteiger partial charge on any atom is 0.263 e. The molecule has 0 aromatic heterocycles. The van der Waals surface area contributed by atoms with Crippen molar-refractivity contribution in [2.24, 2.45) is 5.10 Å². The maximum atomic E-state index is 12.1. The lowest BCUT2D eigenvalue weighted by Gasteiger charge is -2.11. The van der Waals surface area contributed by atoms with Gasteiger partial charge in [0, 0.05) is 0 Å². The van der Waals surface area contributed by atoms with Crippen LogP contribution >= 0.6 is 0 Å². The number of para-hydroxylation sites is 2. The van der Waals surface area contributed by atoms with Crippen LogP contribution in [0.1, 0.15) is 17.5 Å². The molecule has 2 aromatic carbocycles. The SMILES string of the molecule is Cc1cccc(C)c1OCC(=O)NC1=NN(c2ccccc2)C(=O)C1. The van der Waals surface area contributed by atoms with Gasteiger partial charge in [-0.3, -0.25) is 9.59 Å². The summed E-state index contributed by atoms with van der Waals surface area (Å²) in [4.78, 5) is 24.2. The van der Waals surface area contributed by atoms with E-state index in [0.717, 1.165) is 11.1 Å². The summed E-state index contributed by atoms with van der Waals surface area (Å²) in [5.41, 5.74) is 2.61. The van der Waals surface area contributed by atoms with Crippen LogP contribution in [0, 0.1) is 13.8 Å². The second-order valence-electron chi connectivity index (χ2n) is 5.82. The first-order valence-electron chi connectivity index (χ1n) is 7.99. The predicted molar refractivity (Wildman–Crippen MR) is 95.5 cm³/mol. The van der Waals surface area contributed by atoms with Gasteiger partial charge in [0.15, 0.2) is 6.61 Å². The Kier molecular flexibility index (Phi) is 4.79. The van der Waals surface area contributed by atoms with E-state index in [2.05, 4.69) is 10.4 Å². The third kappa shape index (κ3) is 3.85. The summed E-state index contributed by atoms with van der Waals surface area (Å²) >= 11 is 0. The van der Waals surface area contributed by atoms with Crippen molar-refractivity contribution in [3.63, 3.8) is 0 Å². The molecule has 2 amide bonds. The van der Waals surface area contributed by atoms with Crippen molar-refractivity contribution in [2.75, 3.05) is 11.6 Å². The van der Waals surface area contributed by atoms with Crippen molar-refractivity contribution in [1.82, 2.24) is 5.32 Å². The first-order chi connectivity index (χ1) is 12.0. The third-order valence-electron chi connectivity index (χ3n) is 3.82. The first kappa shape index (κ1) is 16.7. The van der Waals surface area contributed by atoms with Crippen LogP contribution < -0.4 is 15.1 Å². The summed E-state index contributed by atoms with van der Waals surface area (Å²) < 4.78 is 5.61. The predicted octanol–water partition coefficient (Wildman–Crippen LogP) is 2.55. The lowest BCUT2D eigenvalue weighted by molar-refractivity contribution is -0.121. The van der Waals surface area contributed by atoms with Crippen LogP contribution in [0.5, 0.6) is 5.75 Å². The molecular weight excluding hydrogens is 318 g/mol. The Balaban J connectivity index is 1.61. The normalized spacial score (nSPS) is 13.6. The van der Waals surface area contributed by atoms with Gasteiger partial charge in [-0.05, 0) is 37.1 Å². The quantitative estimate of drug-likeness (QED) is 0.932. The molecule has 3 rings (SSSR count). The van der Waals surface area contributed by atoms with Gasteiger partial charge in [-0.25, -0.2) is 0 Å². The number of aryl methyl sites for hydroxylation is 2. The summed E-state index contributed by atoms with van der Waals surface area (Å²) in [6.07, 6.45) is 0.0596. The Morgan fingerprint density at radius 1 is 1.12 bits per heavy atom. The number of rotatable bonds is 4. The molecule has 0 unspecified atom stereocenters. The van der Waals surface area contributed by atoms with Gasteiger partial charge in [0.25, 0.3) is 11.8 Å². The minimum atomic E-state index is -0.343. The van der Waals surface area contributed by atoms with E-state index in [1.54, 1.807) is 12.1 Å². The number of carbonyl (C=O) groups is 2. The molecule has 0 fully saturated rings. The van der Waals surface area contributed by atoms with Crippen molar-refractivity contribution in [3.05, 3.63) is 59.7 Å². The molecule has 0 atom stereocenters. The van der Waals surface area contributed by atoms with Gasteiger partial charge in [-0.2, -0.15) is 10.1 Å². The number of amides is 2. The van der Waals surface area contributed by atoms with Gasteiger partial charge in [0.1, 0.15) is 11.6 Å². The molecule has 2 aromatic rings. The average Bonchev–Trinajstić information content (AvgIpc) is 2.95. The van der Waals surface area contributed by atoms with Crippen molar-refractivity contribution in [2.45, 2.75) is 20.3 Å². The van der Waals surface area contributed by atoms with Crippen LogP contribution in [-0.2, 0) is 9.59 Å². The maximum absolute atomic E-state index is 12.1. The summed E-state index contributed by atoms with van der Waals surface area (Å²) in [5.74, 6) is 0.498. The van der Waals surface area contributed by atoms with Crippen LogP contribution in [-0.4, -0.2) is 24.3 Å². The number of ether oxygens (including phenoxy) is 1. The van der Waals surface area contributed by atoms with Gasteiger partial charge < -0.3 is 10.1 Å². The summed E-state index contributed by atoms with van der Waals surface area (Å²) in [7, 11) is 0. The molecule has 1 aliphatic rings. The highest BCUT2D eigenvalue weighted by Crippen LogP contribution is 2.22. The van der Waals surface area contributed by atoms with Gasteiger partial charge in [0.2, 0.25) is 0 Å². The fourth-order valence-electron chi connectivity index (χ4n) is 2.63. The molecule has 6 nitrogen and oxygen atoms in total. The van der Waals surface area contributed by atoms with Crippen molar-refractivity contribution >= 4 is 23.3 Å². The lowest BCUT2D eigenvalue weighted by Crippen LogP contribution is -2.34. The minimum Gasteiger partial charge on any atom is -0.483 e. The average molecular weight is 337 g/mol. The number of nitrogens with one attached hydrogen (secondary N) is 1. The Morgan fingerprint density at radius 2 is 1.80 bits per heavy atom. The van der Waals surface area contributed by atoms with E-state index in [1.807, 2.05) is 50.2 Å². The molecule has 128 valence electrons. The molecule has 0 radical (unpaired) electrons. The van der Waals surface area contributed by atoms with Crippen molar-refractivity contribution in [3.8, 4) is 5.75 Å². The number of carbonyl (C=O) groups excluding carboxylic acids is 2. The first-order valence-corrected chi connectivity index (χ1v) is 7.99. The summed E-state index contributed by atoms with van der Waals surface area (Å²) in [6.45, 7) is 3.72. The highest BCUT2D eigenvalue weighted by molar-refractivity contribution is 6.15. The monoisotopic (exact) mass is 337 g/mol. The van der Waals surface area contributed by atoms with E-state index in [4.69, 9.17) is 4.74 Å². The van der Waals surface area contributed by atoms with Crippen molar-refractivity contribution < 1.29 is 14.3 Å².